The quantitative estimate of drug-likeness (QED) is 0.542. The number of rotatable bonds is 4. The van der Waals surface area contributed by atoms with Gasteiger partial charge in [-0.05, 0) is 6.92 Å². The van der Waals surface area contributed by atoms with Crippen LogP contribution in [0.5, 0.6) is 0 Å². The molecule has 0 bridgehead atoms. The van der Waals surface area contributed by atoms with E-state index in [2.05, 4.69) is 0 Å². The normalized spacial score (nSPS) is 12.1. The Morgan fingerprint density at radius 3 is 2.43 bits per heavy atom. The van der Waals surface area contributed by atoms with E-state index in [0.29, 0.717) is 5.56 Å². The second kappa shape index (κ2) is 4.50. The van der Waals surface area contributed by atoms with Crippen LogP contribution in [-0.4, -0.2) is 10.7 Å². The maximum atomic E-state index is 10.8. The van der Waals surface area contributed by atoms with Crippen molar-refractivity contribution in [1.82, 2.24) is 0 Å². The number of nitrogens with zero attached hydrogens (tertiary/aromatic N) is 1. The molecule has 4 nitrogen and oxygen atoms in total. The van der Waals surface area contributed by atoms with E-state index >= 15 is 0 Å². The first-order valence-corrected chi connectivity index (χ1v) is 4.29. The third-order valence-corrected chi connectivity index (χ3v) is 1.92. The molecule has 0 saturated carbocycles. The van der Waals surface area contributed by atoms with Gasteiger partial charge in [-0.15, -0.1) is 0 Å². The highest BCUT2D eigenvalue weighted by Gasteiger charge is 2.23. The van der Waals surface area contributed by atoms with Crippen LogP contribution < -0.4 is 0 Å². The molecule has 0 saturated heterocycles. The summed E-state index contributed by atoms with van der Waals surface area (Å²) in [7, 11) is 0. The van der Waals surface area contributed by atoms with E-state index in [-0.39, 0.29) is 12.2 Å². The Morgan fingerprint density at radius 2 is 2.00 bits per heavy atom. The van der Waals surface area contributed by atoms with Crippen molar-refractivity contribution in [3.05, 3.63) is 46.0 Å². The van der Waals surface area contributed by atoms with Crippen LogP contribution in [0.3, 0.4) is 0 Å². The van der Waals surface area contributed by atoms with E-state index < -0.39 is 11.0 Å². The topological polar surface area (TPSA) is 60.2 Å². The largest absolute Gasteiger partial charge is 0.300 e. The van der Waals surface area contributed by atoms with Crippen LogP contribution in [0, 0.1) is 10.1 Å². The second-order valence-corrected chi connectivity index (χ2v) is 3.12. The maximum Gasteiger partial charge on any atom is 0.244 e. The molecule has 14 heavy (non-hydrogen) atoms. The minimum absolute atomic E-state index is 0.0446. The van der Waals surface area contributed by atoms with Crippen LogP contribution in [-0.2, 0) is 4.79 Å². The zero-order chi connectivity index (χ0) is 10.6. The maximum absolute atomic E-state index is 10.8. The summed E-state index contributed by atoms with van der Waals surface area (Å²) in [4.78, 5) is 21.1. The van der Waals surface area contributed by atoms with Gasteiger partial charge in [0, 0.05) is 10.5 Å². The first-order valence-electron chi connectivity index (χ1n) is 4.29. The average Bonchev–Trinajstić information content (AvgIpc) is 2.15. The lowest BCUT2D eigenvalue weighted by Gasteiger charge is -2.06. The lowest BCUT2D eigenvalue weighted by atomic mass is 10.0. The predicted octanol–water partition coefficient (Wildman–Crippen LogP) is 1.98. The van der Waals surface area contributed by atoms with Gasteiger partial charge in [-0.1, -0.05) is 30.3 Å². The van der Waals surface area contributed by atoms with E-state index in [1.165, 1.54) is 6.92 Å². The minimum atomic E-state index is -0.909. The Kier molecular flexibility index (Phi) is 3.34. The lowest BCUT2D eigenvalue weighted by Crippen LogP contribution is -2.13. The van der Waals surface area contributed by atoms with Crippen LogP contribution >= 0.6 is 0 Å². The van der Waals surface area contributed by atoms with Gasteiger partial charge in [0.05, 0.1) is 6.42 Å². The summed E-state index contributed by atoms with van der Waals surface area (Å²) in [5.41, 5.74) is 0.577. The van der Waals surface area contributed by atoms with Gasteiger partial charge in [-0.25, -0.2) is 0 Å². The second-order valence-electron chi connectivity index (χ2n) is 3.12. The SMILES string of the molecule is CC(=O)CC(c1ccccc1)[N+](=O)[O-]. The molecule has 0 radical (unpaired) electrons. The van der Waals surface area contributed by atoms with E-state index in [9.17, 15) is 14.9 Å². The van der Waals surface area contributed by atoms with E-state index in [1.807, 2.05) is 0 Å². The molecule has 0 aliphatic rings. The van der Waals surface area contributed by atoms with Gasteiger partial charge in [-0.2, -0.15) is 0 Å². The highest BCUT2D eigenvalue weighted by molar-refractivity contribution is 5.76. The first kappa shape index (κ1) is 10.4. The molecule has 0 N–H and O–H groups in total. The molecule has 1 atom stereocenters. The molecule has 0 aliphatic heterocycles. The van der Waals surface area contributed by atoms with Crippen molar-refractivity contribution >= 4 is 5.78 Å². The van der Waals surface area contributed by atoms with E-state index in [0.717, 1.165) is 0 Å². The number of ketones is 1. The molecule has 74 valence electrons. The Labute approximate surface area is 81.7 Å². The highest BCUT2D eigenvalue weighted by Crippen LogP contribution is 2.19. The summed E-state index contributed by atoms with van der Waals surface area (Å²) in [5.74, 6) is -0.171. The Morgan fingerprint density at radius 1 is 1.43 bits per heavy atom. The monoisotopic (exact) mass is 193 g/mol. The zero-order valence-corrected chi connectivity index (χ0v) is 7.84. The minimum Gasteiger partial charge on any atom is -0.300 e. The van der Waals surface area contributed by atoms with Crippen molar-refractivity contribution in [3.8, 4) is 0 Å². The van der Waals surface area contributed by atoms with Crippen molar-refractivity contribution in [2.24, 2.45) is 0 Å². The van der Waals surface area contributed by atoms with Gasteiger partial charge >= 0.3 is 0 Å². The van der Waals surface area contributed by atoms with Crippen LogP contribution in [0.4, 0.5) is 0 Å². The molecule has 0 amide bonds. The van der Waals surface area contributed by atoms with Gasteiger partial charge in [0.2, 0.25) is 6.04 Å². The molecule has 1 aromatic carbocycles. The van der Waals surface area contributed by atoms with Gasteiger partial charge in [0.1, 0.15) is 5.78 Å². The third kappa shape index (κ3) is 2.65. The predicted molar refractivity (Wildman–Crippen MR) is 51.5 cm³/mol. The molecule has 0 heterocycles. The number of hydrogen-bond donors (Lipinski definition) is 0. The fourth-order valence-electron chi connectivity index (χ4n) is 1.26. The molecule has 1 rings (SSSR count). The summed E-state index contributed by atoms with van der Waals surface area (Å²) >= 11 is 0. The fraction of sp³-hybridized carbons (Fsp3) is 0.300. The van der Waals surface area contributed by atoms with Crippen LogP contribution in [0.1, 0.15) is 24.9 Å². The van der Waals surface area contributed by atoms with Crippen LogP contribution in [0.2, 0.25) is 0 Å². The number of carbonyl (C=O) groups excluding carboxylic acids is 1. The number of hydrogen-bond acceptors (Lipinski definition) is 3. The van der Waals surface area contributed by atoms with Crippen molar-refractivity contribution in [2.45, 2.75) is 19.4 Å². The summed E-state index contributed by atoms with van der Waals surface area (Å²) < 4.78 is 0. The summed E-state index contributed by atoms with van der Waals surface area (Å²) in [5, 5.41) is 10.7. The number of nitro groups is 1. The smallest absolute Gasteiger partial charge is 0.244 e. The molecule has 0 aromatic heterocycles. The number of benzene rings is 1. The summed E-state index contributed by atoms with van der Waals surface area (Å²) in [6.45, 7) is 1.36. The molecule has 4 heteroatoms. The Hall–Kier alpha value is -1.71. The molecule has 1 aromatic rings. The van der Waals surface area contributed by atoms with E-state index in [1.54, 1.807) is 30.3 Å². The summed E-state index contributed by atoms with van der Waals surface area (Å²) in [6.07, 6.45) is -0.0446. The molecule has 0 fully saturated rings. The first-order chi connectivity index (χ1) is 6.61. The molecule has 0 aliphatic carbocycles. The Bertz CT molecular complexity index is 334. The molecule has 1 unspecified atom stereocenters. The average molecular weight is 193 g/mol. The van der Waals surface area contributed by atoms with Crippen molar-refractivity contribution in [3.63, 3.8) is 0 Å². The fourth-order valence-corrected chi connectivity index (χ4v) is 1.26. The van der Waals surface area contributed by atoms with Gasteiger partial charge < -0.3 is 0 Å². The summed E-state index contributed by atoms with van der Waals surface area (Å²) in [6, 6.07) is 7.66. The van der Waals surface area contributed by atoms with E-state index in [4.69, 9.17) is 0 Å². The van der Waals surface area contributed by atoms with Gasteiger partial charge in [-0.3, -0.25) is 14.9 Å². The molecular weight excluding hydrogens is 182 g/mol. The van der Waals surface area contributed by atoms with Crippen molar-refractivity contribution in [1.29, 1.82) is 0 Å². The van der Waals surface area contributed by atoms with Gasteiger partial charge in [0.25, 0.3) is 0 Å². The zero-order valence-electron chi connectivity index (χ0n) is 7.84. The number of Topliss-reactive ketones (excluding diaryl/α,β-unsaturated/α-hetero) is 1. The van der Waals surface area contributed by atoms with Gasteiger partial charge in [0.15, 0.2) is 0 Å². The number of carbonyl (C=O) groups is 1. The third-order valence-electron chi connectivity index (χ3n) is 1.92. The Balaban J connectivity index is 2.89. The van der Waals surface area contributed by atoms with Crippen LogP contribution in [0.15, 0.2) is 30.3 Å². The molecular formula is C10H11NO3. The van der Waals surface area contributed by atoms with Crippen LogP contribution in [0.25, 0.3) is 0 Å². The van der Waals surface area contributed by atoms with Crippen molar-refractivity contribution < 1.29 is 9.72 Å². The van der Waals surface area contributed by atoms with Crippen molar-refractivity contribution in [2.75, 3.05) is 0 Å². The lowest BCUT2D eigenvalue weighted by molar-refractivity contribution is -0.527. The molecule has 0 spiro atoms. The highest BCUT2D eigenvalue weighted by atomic mass is 16.6. The standard InChI is InChI=1S/C10H11NO3/c1-8(12)7-10(11(13)14)9-5-3-2-4-6-9/h2-6,10H,7H2,1H3.